The van der Waals surface area contributed by atoms with E-state index in [0.717, 1.165) is 25.7 Å². The van der Waals surface area contributed by atoms with Crippen LogP contribution in [0.15, 0.2) is 0 Å². The summed E-state index contributed by atoms with van der Waals surface area (Å²) in [5.74, 6) is -1.34. The van der Waals surface area contributed by atoms with Crippen molar-refractivity contribution in [3.8, 4) is 0 Å². The highest BCUT2D eigenvalue weighted by molar-refractivity contribution is 5.79. The smallest absolute Gasteiger partial charge is 0.401 e. The van der Waals surface area contributed by atoms with Gasteiger partial charge in [0, 0.05) is 6.04 Å². The molecule has 1 saturated carbocycles. The number of hydrogen-bond donors (Lipinski definition) is 2. The van der Waals surface area contributed by atoms with Crippen LogP contribution in [0.3, 0.4) is 0 Å². The summed E-state index contributed by atoms with van der Waals surface area (Å²) in [7, 11) is 0. The summed E-state index contributed by atoms with van der Waals surface area (Å²) in [5, 5.41) is 11.3. The fourth-order valence-corrected chi connectivity index (χ4v) is 2.49. The van der Waals surface area contributed by atoms with Gasteiger partial charge in [0.1, 0.15) is 0 Å². The molecule has 2 N–H and O–H groups in total. The Kier molecular flexibility index (Phi) is 6.44. The maximum Gasteiger partial charge on any atom is 0.401 e. The largest absolute Gasteiger partial charge is 0.480 e. The number of nitrogens with one attached hydrogen (secondary N) is 1. The number of hydrogen-bond acceptors (Lipinski definition) is 3. The van der Waals surface area contributed by atoms with Gasteiger partial charge in [0.05, 0.1) is 19.6 Å². The maximum absolute atomic E-state index is 12.3. The molecule has 122 valence electrons. The second-order valence-corrected chi connectivity index (χ2v) is 5.68. The van der Waals surface area contributed by atoms with Crippen molar-refractivity contribution in [3.63, 3.8) is 0 Å². The number of amides is 1. The Morgan fingerprint density at radius 2 is 1.76 bits per heavy atom. The number of halogens is 3. The van der Waals surface area contributed by atoms with E-state index in [1.807, 2.05) is 0 Å². The van der Waals surface area contributed by atoms with Crippen LogP contribution in [0, 0.1) is 5.92 Å². The molecule has 1 aliphatic carbocycles. The number of carboxylic acid groups (broad SMARTS) is 1. The van der Waals surface area contributed by atoms with Crippen LogP contribution in [-0.2, 0) is 9.59 Å². The van der Waals surface area contributed by atoms with Crippen molar-refractivity contribution in [3.05, 3.63) is 0 Å². The van der Waals surface area contributed by atoms with Crippen LogP contribution in [0.1, 0.15) is 32.6 Å². The number of carbonyl (C=O) groups excluding carboxylic acids is 1. The molecule has 5 nitrogen and oxygen atoms in total. The van der Waals surface area contributed by atoms with E-state index in [0.29, 0.717) is 10.8 Å². The maximum atomic E-state index is 12.3. The molecule has 0 radical (unpaired) electrons. The first kappa shape index (κ1) is 17.7. The molecule has 0 spiro atoms. The van der Waals surface area contributed by atoms with E-state index in [-0.39, 0.29) is 6.04 Å². The van der Waals surface area contributed by atoms with Crippen molar-refractivity contribution in [2.24, 2.45) is 5.92 Å². The fraction of sp³-hybridized carbons (Fsp3) is 0.846. The van der Waals surface area contributed by atoms with Crippen molar-refractivity contribution in [1.82, 2.24) is 10.2 Å². The lowest BCUT2D eigenvalue weighted by Crippen LogP contribution is -2.47. The number of carbonyl (C=O) groups is 2. The molecule has 1 rings (SSSR count). The van der Waals surface area contributed by atoms with Crippen molar-refractivity contribution < 1.29 is 27.9 Å². The minimum atomic E-state index is -4.53. The molecule has 21 heavy (non-hydrogen) atoms. The zero-order chi connectivity index (χ0) is 16.0. The quantitative estimate of drug-likeness (QED) is 0.782. The minimum Gasteiger partial charge on any atom is -0.480 e. The molecule has 0 bridgehead atoms. The van der Waals surface area contributed by atoms with Gasteiger partial charge in [-0.15, -0.1) is 0 Å². The first-order chi connectivity index (χ1) is 9.65. The molecule has 1 amide bonds. The van der Waals surface area contributed by atoms with Crippen LogP contribution < -0.4 is 5.32 Å². The fourth-order valence-electron chi connectivity index (χ4n) is 2.49. The molecular weight excluding hydrogens is 289 g/mol. The van der Waals surface area contributed by atoms with Gasteiger partial charge in [-0.05, 0) is 31.6 Å². The summed E-state index contributed by atoms with van der Waals surface area (Å²) in [6.45, 7) is -0.656. The predicted molar refractivity (Wildman–Crippen MR) is 69.7 cm³/mol. The van der Waals surface area contributed by atoms with Gasteiger partial charge in [-0.1, -0.05) is 6.92 Å². The molecule has 1 fully saturated rings. The van der Waals surface area contributed by atoms with E-state index in [1.54, 1.807) is 0 Å². The van der Waals surface area contributed by atoms with Gasteiger partial charge >= 0.3 is 12.1 Å². The first-order valence-corrected chi connectivity index (χ1v) is 6.96. The monoisotopic (exact) mass is 310 g/mol. The molecule has 0 aromatic carbocycles. The molecule has 0 atom stereocenters. The number of alkyl halides is 3. The number of carboxylic acids is 1. The van der Waals surface area contributed by atoms with Gasteiger partial charge in [0.25, 0.3) is 0 Å². The Hall–Kier alpha value is -1.31. The van der Waals surface area contributed by atoms with E-state index < -0.39 is 37.7 Å². The van der Waals surface area contributed by atoms with Gasteiger partial charge in [0.2, 0.25) is 5.91 Å². The highest BCUT2D eigenvalue weighted by Gasteiger charge is 2.32. The molecule has 1 aliphatic rings. The highest BCUT2D eigenvalue weighted by atomic mass is 19.4. The van der Waals surface area contributed by atoms with E-state index in [2.05, 4.69) is 12.2 Å². The summed E-state index contributed by atoms with van der Waals surface area (Å²) >= 11 is 0. The number of nitrogens with zero attached hydrogens (tertiary/aromatic N) is 1. The Balaban J connectivity index is 2.45. The van der Waals surface area contributed by atoms with Crippen molar-refractivity contribution in [2.75, 3.05) is 19.6 Å². The van der Waals surface area contributed by atoms with E-state index in [9.17, 15) is 22.8 Å². The third kappa shape index (κ3) is 7.89. The molecule has 0 aliphatic heterocycles. The Labute approximate surface area is 121 Å². The second-order valence-electron chi connectivity index (χ2n) is 5.68. The van der Waals surface area contributed by atoms with Crippen LogP contribution in [0.25, 0.3) is 0 Å². The number of aliphatic carboxylic acids is 1. The van der Waals surface area contributed by atoms with E-state index in [1.165, 1.54) is 0 Å². The normalized spacial score (nSPS) is 23.1. The topological polar surface area (TPSA) is 69.6 Å². The summed E-state index contributed by atoms with van der Waals surface area (Å²) < 4.78 is 37.0. The average Bonchev–Trinajstić information content (AvgIpc) is 2.28. The van der Waals surface area contributed by atoms with Gasteiger partial charge < -0.3 is 10.4 Å². The van der Waals surface area contributed by atoms with Gasteiger partial charge in [-0.3, -0.25) is 14.5 Å². The Morgan fingerprint density at radius 3 is 2.24 bits per heavy atom. The Bertz CT molecular complexity index is 366. The van der Waals surface area contributed by atoms with Crippen LogP contribution >= 0.6 is 0 Å². The summed E-state index contributed by atoms with van der Waals surface area (Å²) in [6.07, 6.45) is -0.953. The molecule has 0 heterocycles. The van der Waals surface area contributed by atoms with E-state index >= 15 is 0 Å². The zero-order valence-corrected chi connectivity index (χ0v) is 11.9. The van der Waals surface area contributed by atoms with Crippen LogP contribution in [0.4, 0.5) is 13.2 Å². The molecule has 8 heteroatoms. The second kappa shape index (κ2) is 7.63. The first-order valence-electron chi connectivity index (χ1n) is 6.96. The summed E-state index contributed by atoms with van der Waals surface area (Å²) in [6, 6.07) is -0.0220. The molecule has 0 unspecified atom stereocenters. The lowest BCUT2D eigenvalue weighted by atomic mass is 9.87. The highest BCUT2D eigenvalue weighted by Crippen LogP contribution is 2.23. The minimum absolute atomic E-state index is 0.0220. The van der Waals surface area contributed by atoms with Gasteiger partial charge in [-0.2, -0.15) is 13.2 Å². The predicted octanol–water partition coefficient (Wildman–Crippen LogP) is 1.63. The van der Waals surface area contributed by atoms with Crippen molar-refractivity contribution in [1.29, 1.82) is 0 Å². The zero-order valence-electron chi connectivity index (χ0n) is 11.9. The van der Waals surface area contributed by atoms with Crippen LogP contribution in [0.2, 0.25) is 0 Å². The van der Waals surface area contributed by atoms with Crippen molar-refractivity contribution in [2.45, 2.75) is 44.8 Å². The Morgan fingerprint density at radius 1 is 1.19 bits per heavy atom. The molecule has 0 aromatic rings. The summed E-state index contributed by atoms with van der Waals surface area (Å²) in [4.78, 5) is 22.9. The van der Waals surface area contributed by atoms with Crippen LogP contribution in [0.5, 0.6) is 0 Å². The SMILES string of the molecule is CC1CCC(NC(=O)CN(CC(=O)O)CC(F)(F)F)CC1. The molecule has 0 saturated heterocycles. The lowest BCUT2D eigenvalue weighted by Gasteiger charge is -2.28. The third-order valence-electron chi connectivity index (χ3n) is 3.51. The standard InChI is InChI=1S/C13H21F3N2O3/c1-9-2-4-10(5-3-9)17-11(19)6-18(7-12(20)21)8-13(14,15)16/h9-10H,2-8H2,1H3,(H,17,19)(H,20,21). The van der Waals surface area contributed by atoms with Crippen LogP contribution in [-0.4, -0.2) is 53.7 Å². The van der Waals surface area contributed by atoms with Gasteiger partial charge in [-0.25, -0.2) is 0 Å². The summed E-state index contributed by atoms with van der Waals surface area (Å²) in [5.41, 5.74) is 0. The molecular formula is C13H21F3N2O3. The van der Waals surface area contributed by atoms with E-state index in [4.69, 9.17) is 5.11 Å². The number of rotatable bonds is 6. The third-order valence-corrected chi connectivity index (χ3v) is 3.51. The molecule has 0 aromatic heterocycles. The van der Waals surface area contributed by atoms with Gasteiger partial charge in [0.15, 0.2) is 0 Å². The lowest BCUT2D eigenvalue weighted by molar-refractivity contribution is -0.155. The average molecular weight is 310 g/mol. The van der Waals surface area contributed by atoms with Crippen molar-refractivity contribution >= 4 is 11.9 Å².